The van der Waals surface area contributed by atoms with Gasteiger partial charge in [-0.25, -0.2) is 9.18 Å². The number of aromatic nitrogens is 1. The average molecular weight is 421 g/mol. The van der Waals surface area contributed by atoms with Crippen molar-refractivity contribution < 1.29 is 18.7 Å². The minimum absolute atomic E-state index is 0.277. The minimum Gasteiger partial charge on any atom is -0.494 e. The molecule has 160 valence electrons. The third-order valence-corrected chi connectivity index (χ3v) is 5.55. The van der Waals surface area contributed by atoms with Crippen molar-refractivity contribution in [2.45, 2.75) is 32.2 Å². The summed E-state index contributed by atoms with van der Waals surface area (Å²) in [6, 6.07) is 15.8. The third-order valence-electron chi connectivity index (χ3n) is 5.55. The molecule has 0 radical (unpaired) electrons. The van der Waals surface area contributed by atoms with E-state index < -0.39 is 12.8 Å². The lowest BCUT2D eigenvalue weighted by Crippen LogP contribution is -2.18. The van der Waals surface area contributed by atoms with Crippen LogP contribution in [0.1, 0.15) is 37.8 Å². The lowest BCUT2D eigenvalue weighted by Gasteiger charge is -2.30. The van der Waals surface area contributed by atoms with Crippen LogP contribution in [0.2, 0.25) is 0 Å². The normalized spacial score (nSPS) is 13.5. The molecule has 0 unspecified atom stereocenters. The first kappa shape index (κ1) is 20.7. The van der Waals surface area contributed by atoms with E-state index in [4.69, 9.17) is 9.47 Å². The van der Waals surface area contributed by atoms with Gasteiger partial charge in [0.25, 0.3) is 0 Å². The summed E-state index contributed by atoms with van der Waals surface area (Å²) in [6.45, 7) is 1.53. The van der Waals surface area contributed by atoms with Crippen molar-refractivity contribution >= 4 is 22.7 Å². The molecule has 2 aromatic carbocycles. The van der Waals surface area contributed by atoms with Crippen molar-refractivity contribution in [2.24, 2.45) is 0 Å². The summed E-state index contributed by atoms with van der Waals surface area (Å²) < 4.78 is 24.8. The fourth-order valence-electron chi connectivity index (χ4n) is 3.96. The Morgan fingerprint density at radius 1 is 1.26 bits per heavy atom. The Labute approximate surface area is 180 Å². The maximum absolute atomic E-state index is 12.2. The first-order valence-electron chi connectivity index (χ1n) is 10.5. The molecule has 7 heteroatoms. The van der Waals surface area contributed by atoms with Crippen LogP contribution in [0.15, 0.2) is 42.5 Å². The second kappa shape index (κ2) is 9.09. The van der Waals surface area contributed by atoms with E-state index in [1.807, 2.05) is 37.3 Å². The van der Waals surface area contributed by atoms with Crippen LogP contribution in [-0.4, -0.2) is 30.5 Å². The SMILES string of the molecule is CCOc1ccc2c(C#N)c(-c3ccc(NC(=O)OCCF)cc3)n(C3CCC3)c2c1. The highest BCUT2D eigenvalue weighted by Crippen LogP contribution is 2.43. The van der Waals surface area contributed by atoms with Crippen molar-refractivity contribution in [1.29, 1.82) is 5.26 Å². The number of amides is 1. The summed E-state index contributed by atoms with van der Waals surface area (Å²) in [7, 11) is 0. The molecule has 1 aliphatic rings. The first-order valence-corrected chi connectivity index (χ1v) is 10.5. The third kappa shape index (κ3) is 4.06. The van der Waals surface area contributed by atoms with Gasteiger partial charge in [-0.3, -0.25) is 5.32 Å². The van der Waals surface area contributed by atoms with E-state index in [0.717, 1.165) is 40.8 Å². The van der Waals surface area contributed by atoms with Crippen molar-refractivity contribution in [2.75, 3.05) is 25.2 Å². The number of benzene rings is 2. The van der Waals surface area contributed by atoms with E-state index >= 15 is 0 Å². The highest BCUT2D eigenvalue weighted by Gasteiger charge is 2.28. The molecule has 1 amide bonds. The van der Waals surface area contributed by atoms with Gasteiger partial charge >= 0.3 is 6.09 Å². The summed E-state index contributed by atoms with van der Waals surface area (Å²) in [4.78, 5) is 11.7. The Balaban J connectivity index is 1.76. The molecule has 0 aliphatic heterocycles. The second-order valence-electron chi connectivity index (χ2n) is 7.43. The molecule has 0 spiro atoms. The van der Waals surface area contributed by atoms with Crippen molar-refractivity contribution in [3.8, 4) is 23.1 Å². The van der Waals surface area contributed by atoms with Crippen molar-refractivity contribution in [3.63, 3.8) is 0 Å². The number of ether oxygens (including phenoxy) is 2. The molecular formula is C24H24FN3O3. The Kier molecular flexibility index (Phi) is 6.08. The Morgan fingerprint density at radius 2 is 2.03 bits per heavy atom. The first-order chi connectivity index (χ1) is 15.2. The summed E-state index contributed by atoms with van der Waals surface area (Å²) >= 11 is 0. The van der Waals surface area contributed by atoms with Crippen molar-refractivity contribution in [3.05, 3.63) is 48.0 Å². The van der Waals surface area contributed by atoms with Crippen LogP contribution in [0.25, 0.3) is 22.2 Å². The van der Waals surface area contributed by atoms with Gasteiger partial charge in [0, 0.05) is 23.2 Å². The molecule has 1 aliphatic carbocycles. The Bertz CT molecular complexity index is 1130. The Hall–Kier alpha value is -3.53. The predicted molar refractivity (Wildman–Crippen MR) is 117 cm³/mol. The molecule has 1 N–H and O–H groups in total. The molecule has 1 heterocycles. The van der Waals surface area contributed by atoms with Crippen LogP contribution in [-0.2, 0) is 4.74 Å². The molecule has 4 rings (SSSR count). The van der Waals surface area contributed by atoms with Crippen LogP contribution >= 0.6 is 0 Å². The van der Waals surface area contributed by atoms with Gasteiger partial charge in [-0.15, -0.1) is 0 Å². The van der Waals surface area contributed by atoms with Gasteiger partial charge in [-0.1, -0.05) is 12.1 Å². The number of carbonyl (C=O) groups excluding carboxylic acids is 1. The van der Waals surface area contributed by atoms with E-state index in [0.29, 0.717) is 23.9 Å². The highest BCUT2D eigenvalue weighted by molar-refractivity contribution is 5.96. The number of nitriles is 1. The minimum atomic E-state index is -0.722. The summed E-state index contributed by atoms with van der Waals surface area (Å²) in [5.74, 6) is 0.787. The van der Waals surface area contributed by atoms with Gasteiger partial charge in [-0.2, -0.15) is 5.26 Å². The predicted octanol–water partition coefficient (Wildman–Crippen LogP) is 5.82. The number of nitrogens with one attached hydrogen (secondary N) is 1. The van der Waals surface area contributed by atoms with Crippen LogP contribution in [0.5, 0.6) is 5.75 Å². The quantitative estimate of drug-likeness (QED) is 0.521. The average Bonchev–Trinajstić information content (AvgIpc) is 3.05. The largest absolute Gasteiger partial charge is 0.494 e. The molecule has 1 aromatic heterocycles. The number of rotatable bonds is 7. The van der Waals surface area contributed by atoms with Gasteiger partial charge < -0.3 is 14.0 Å². The lowest BCUT2D eigenvalue weighted by atomic mass is 9.92. The number of alkyl halides is 1. The van der Waals surface area contributed by atoms with E-state index in [1.54, 1.807) is 12.1 Å². The number of fused-ring (bicyclic) bond motifs is 1. The maximum atomic E-state index is 12.2. The van der Waals surface area contributed by atoms with Gasteiger partial charge in [0.2, 0.25) is 0 Å². The number of halogens is 1. The zero-order chi connectivity index (χ0) is 21.8. The number of hydrogen-bond donors (Lipinski definition) is 1. The van der Waals surface area contributed by atoms with Crippen molar-refractivity contribution in [1.82, 2.24) is 4.57 Å². The van der Waals surface area contributed by atoms with Crippen LogP contribution in [0, 0.1) is 11.3 Å². The summed E-state index contributed by atoms with van der Waals surface area (Å²) in [5, 5.41) is 13.5. The smallest absolute Gasteiger partial charge is 0.411 e. The zero-order valence-electron chi connectivity index (χ0n) is 17.4. The second-order valence-corrected chi connectivity index (χ2v) is 7.43. The summed E-state index contributed by atoms with van der Waals surface area (Å²) in [6.07, 6.45) is 2.61. The van der Waals surface area contributed by atoms with E-state index in [2.05, 4.69) is 16.0 Å². The van der Waals surface area contributed by atoms with Crippen LogP contribution in [0.4, 0.5) is 14.9 Å². The summed E-state index contributed by atoms with van der Waals surface area (Å²) in [5.41, 5.74) is 3.94. The van der Waals surface area contributed by atoms with Gasteiger partial charge in [0.1, 0.15) is 25.1 Å². The standard InChI is InChI=1S/C24H24FN3O3/c1-2-30-19-10-11-20-21(15-26)23(28(22(20)14-19)18-4-3-5-18)16-6-8-17(9-7-16)27-24(29)31-13-12-25/h6-11,14,18H,2-5,12-13H2,1H3,(H,27,29). The molecule has 1 saturated carbocycles. The van der Waals surface area contributed by atoms with Gasteiger partial charge in [-0.05, 0) is 56.0 Å². The lowest BCUT2D eigenvalue weighted by molar-refractivity contribution is 0.152. The molecular weight excluding hydrogens is 397 g/mol. The molecule has 3 aromatic rings. The Morgan fingerprint density at radius 3 is 2.65 bits per heavy atom. The van der Waals surface area contributed by atoms with E-state index in [1.165, 1.54) is 6.42 Å². The number of anilines is 1. The van der Waals surface area contributed by atoms with Crippen LogP contribution < -0.4 is 10.1 Å². The molecule has 31 heavy (non-hydrogen) atoms. The molecule has 0 atom stereocenters. The molecule has 1 fully saturated rings. The molecule has 0 bridgehead atoms. The zero-order valence-corrected chi connectivity index (χ0v) is 17.4. The number of nitrogens with zero attached hydrogens (tertiary/aromatic N) is 2. The fourth-order valence-corrected chi connectivity index (χ4v) is 3.96. The highest BCUT2D eigenvalue weighted by atomic mass is 19.1. The van der Waals surface area contributed by atoms with E-state index in [-0.39, 0.29) is 6.61 Å². The monoisotopic (exact) mass is 421 g/mol. The molecule has 6 nitrogen and oxygen atoms in total. The van der Waals surface area contributed by atoms with Crippen LogP contribution in [0.3, 0.4) is 0 Å². The van der Waals surface area contributed by atoms with Gasteiger partial charge in [0.05, 0.1) is 23.4 Å². The molecule has 0 saturated heterocycles. The maximum Gasteiger partial charge on any atom is 0.411 e. The van der Waals surface area contributed by atoms with Gasteiger partial charge in [0.15, 0.2) is 0 Å². The number of carbonyl (C=O) groups is 1. The number of hydrogen-bond acceptors (Lipinski definition) is 4. The fraction of sp³-hybridized carbons (Fsp3) is 0.333. The van der Waals surface area contributed by atoms with E-state index in [9.17, 15) is 14.4 Å². The topological polar surface area (TPSA) is 76.3 Å².